The predicted octanol–water partition coefficient (Wildman–Crippen LogP) is 2.70. The van der Waals surface area contributed by atoms with Gasteiger partial charge in [-0.05, 0) is 32.9 Å². The quantitative estimate of drug-likeness (QED) is 0.880. The average Bonchev–Trinajstić information content (AvgIpc) is 2.72. The molecule has 0 atom stereocenters. The number of hydrogen-bond acceptors (Lipinski definition) is 5. The van der Waals surface area contributed by atoms with Gasteiger partial charge in [-0.3, -0.25) is 0 Å². The summed E-state index contributed by atoms with van der Waals surface area (Å²) < 4.78 is 10.8. The molecule has 0 aliphatic heterocycles. The Hall–Kier alpha value is -2.04. The van der Waals surface area contributed by atoms with Gasteiger partial charge in [-0.1, -0.05) is 0 Å². The first-order valence-electron chi connectivity index (χ1n) is 5.95. The fourth-order valence-electron chi connectivity index (χ4n) is 1.59. The molecule has 0 saturated heterocycles. The zero-order valence-electron chi connectivity index (χ0n) is 10.9. The lowest BCUT2D eigenvalue weighted by Crippen LogP contribution is -2.05. The van der Waals surface area contributed by atoms with Crippen LogP contribution in [0.3, 0.4) is 0 Å². The number of anilines is 1. The van der Waals surface area contributed by atoms with Crippen molar-refractivity contribution in [1.82, 2.24) is 9.97 Å². The van der Waals surface area contributed by atoms with Crippen molar-refractivity contribution in [2.75, 3.05) is 11.9 Å². The molecule has 2 aromatic rings. The van der Waals surface area contributed by atoms with E-state index >= 15 is 0 Å². The highest BCUT2D eigenvalue weighted by Gasteiger charge is 2.04. The number of nitrogens with zero attached hydrogens (tertiary/aromatic N) is 2. The number of ether oxygens (including phenoxy) is 1. The molecule has 0 aliphatic carbocycles. The van der Waals surface area contributed by atoms with E-state index in [-0.39, 0.29) is 0 Å². The molecule has 1 N–H and O–H groups in total. The fraction of sp³-hybridized carbons (Fsp3) is 0.385. The standard InChI is InChI=1S/C13H17N3O2/c1-4-17-12-7-9(2)15-13(16-12)14-8-11-6-5-10(3)18-11/h5-7H,4,8H2,1-3H3,(H,14,15,16). The molecular formula is C13H17N3O2. The lowest BCUT2D eigenvalue weighted by atomic mass is 10.4. The first-order valence-corrected chi connectivity index (χ1v) is 5.95. The Balaban J connectivity index is 2.04. The first kappa shape index (κ1) is 12.4. The van der Waals surface area contributed by atoms with Crippen LogP contribution in [0.15, 0.2) is 22.6 Å². The molecule has 2 heterocycles. The summed E-state index contributed by atoms with van der Waals surface area (Å²) in [5.74, 6) is 2.89. The molecule has 0 unspecified atom stereocenters. The van der Waals surface area contributed by atoms with Gasteiger partial charge in [-0.2, -0.15) is 4.98 Å². The maximum absolute atomic E-state index is 5.46. The lowest BCUT2D eigenvalue weighted by Gasteiger charge is -2.07. The topological polar surface area (TPSA) is 60.2 Å². The molecule has 2 rings (SSSR count). The second kappa shape index (κ2) is 5.53. The molecule has 0 aliphatic rings. The van der Waals surface area contributed by atoms with Crippen LogP contribution in [-0.4, -0.2) is 16.6 Å². The molecule has 0 spiro atoms. The van der Waals surface area contributed by atoms with Crippen LogP contribution in [0, 0.1) is 13.8 Å². The molecule has 0 bridgehead atoms. The maximum Gasteiger partial charge on any atom is 0.226 e. The van der Waals surface area contributed by atoms with Crippen LogP contribution in [-0.2, 0) is 6.54 Å². The number of rotatable bonds is 5. The van der Waals surface area contributed by atoms with Gasteiger partial charge in [-0.25, -0.2) is 4.98 Å². The van der Waals surface area contributed by atoms with Gasteiger partial charge in [0, 0.05) is 11.8 Å². The van der Waals surface area contributed by atoms with Crippen LogP contribution in [0.1, 0.15) is 24.1 Å². The van der Waals surface area contributed by atoms with E-state index in [9.17, 15) is 0 Å². The number of nitrogens with one attached hydrogen (secondary N) is 1. The Kier molecular flexibility index (Phi) is 3.82. The second-order valence-corrected chi connectivity index (χ2v) is 3.97. The molecule has 5 heteroatoms. The highest BCUT2D eigenvalue weighted by molar-refractivity contribution is 5.31. The Bertz CT molecular complexity index is 523. The van der Waals surface area contributed by atoms with Gasteiger partial charge < -0.3 is 14.5 Å². The third-order valence-electron chi connectivity index (χ3n) is 2.34. The average molecular weight is 247 g/mol. The van der Waals surface area contributed by atoms with E-state index in [0.717, 1.165) is 17.2 Å². The molecule has 2 aromatic heterocycles. The molecule has 18 heavy (non-hydrogen) atoms. The summed E-state index contributed by atoms with van der Waals surface area (Å²) in [6.45, 7) is 6.90. The number of aromatic nitrogens is 2. The molecule has 5 nitrogen and oxygen atoms in total. The van der Waals surface area contributed by atoms with Crippen molar-refractivity contribution >= 4 is 5.95 Å². The Morgan fingerprint density at radius 3 is 2.78 bits per heavy atom. The van der Waals surface area contributed by atoms with E-state index in [1.807, 2.05) is 39.0 Å². The van der Waals surface area contributed by atoms with E-state index < -0.39 is 0 Å². The third kappa shape index (κ3) is 3.23. The summed E-state index contributed by atoms with van der Waals surface area (Å²) >= 11 is 0. The van der Waals surface area contributed by atoms with Gasteiger partial charge in [0.05, 0.1) is 13.2 Å². The number of furan rings is 1. The van der Waals surface area contributed by atoms with Crippen molar-refractivity contribution in [2.45, 2.75) is 27.3 Å². The van der Waals surface area contributed by atoms with Crippen molar-refractivity contribution in [3.63, 3.8) is 0 Å². The van der Waals surface area contributed by atoms with Gasteiger partial charge >= 0.3 is 0 Å². The summed E-state index contributed by atoms with van der Waals surface area (Å²) in [6.07, 6.45) is 0. The van der Waals surface area contributed by atoms with Crippen LogP contribution in [0.5, 0.6) is 5.88 Å². The summed E-state index contributed by atoms with van der Waals surface area (Å²) in [5, 5.41) is 3.12. The van der Waals surface area contributed by atoms with Crippen LogP contribution in [0.2, 0.25) is 0 Å². The minimum Gasteiger partial charge on any atom is -0.478 e. The van der Waals surface area contributed by atoms with Crippen molar-refractivity contribution in [3.8, 4) is 5.88 Å². The highest BCUT2D eigenvalue weighted by atomic mass is 16.5. The van der Waals surface area contributed by atoms with Crippen molar-refractivity contribution < 1.29 is 9.15 Å². The molecule has 0 fully saturated rings. The summed E-state index contributed by atoms with van der Waals surface area (Å²) in [6, 6.07) is 5.67. The Morgan fingerprint density at radius 1 is 1.28 bits per heavy atom. The SMILES string of the molecule is CCOc1cc(C)nc(NCc2ccc(C)o2)n1. The van der Waals surface area contributed by atoms with E-state index in [2.05, 4.69) is 15.3 Å². The van der Waals surface area contributed by atoms with E-state index in [1.165, 1.54) is 0 Å². The number of hydrogen-bond donors (Lipinski definition) is 1. The maximum atomic E-state index is 5.46. The minimum absolute atomic E-state index is 0.549. The van der Waals surface area contributed by atoms with Crippen LogP contribution < -0.4 is 10.1 Å². The Morgan fingerprint density at radius 2 is 2.11 bits per heavy atom. The van der Waals surface area contributed by atoms with Gasteiger partial charge in [0.15, 0.2) is 0 Å². The summed E-state index contributed by atoms with van der Waals surface area (Å²) in [5.41, 5.74) is 0.867. The van der Waals surface area contributed by atoms with Crippen LogP contribution in [0.4, 0.5) is 5.95 Å². The van der Waals surface area contributed by atoms with Crippen molar-refractivity contribution in [2.24, 2.45) is 0 Å². The first-order chi connectivity index (χ1) is 8.67. The van der Waals surface area contributed by atoms with Crippen molar-refractivity contribution in [1.29, 1.82) is 0 Å². The van der Waals surface area contributed by atoms with E-state index in [1.54, 1.807) is 0 Å². The molecule has 0 saturated carbocycles. The van der Waals surface area contributed by atoms with Crippen molar-refractivity contribution in [3.05, 3.63) is 35.4 Å². The van der Waals surface area contributed by atoms with E-state index in [0.29, 0.717) is 25.0 Å². The van der Waals surface area contributed by atoms with Crippen LogP contribution >= 0.6 is 0 Å². The fourth-order valence-corrected chi connectivity index (χ4v) is 1.59. The van der Waals surface area contributed by atoms with E-state index in [4.69, 9.17) is 9.15 Å². The van der Waals surface area contributed by atoms with Gasteiger partial charge in [-0.15, -0.1) is 0 Å². The highest BCUT2D eigenvalue weighted by Crippen LogP contribution is 2.13. The Labute approximate surface area is 106 Å². The monoisotopic (exact) mass is 247 g/mol. The van der Waals surface area contributed by atoms with Gasteiger partial charge in [0.2, 0.25) is 11.8 Å². The predicted molar refractivity (Wildman–Crippen MR) is 68.7 cm³/mol. The smallest absolute Gasteiger partial charge is 0.226 e. The summed E-state index contributed by atoms with van der Waals surface area (Å²) in [4.78, 5) is 8.55. The normalized spacial score (nSPS) is 10.4. The minimum atomic E-state index is 0.549. The lowest BCUT2D eigenvalue weighted by molar-refractivity contribution is 0.326. The molecular weight excluding hydrogens is 230 g/mol. The zero-order chi connectivity index (χ0) is 13.0. The number of aryl methyl sites for hydroxylation is 2. The zero-order valence-corrected chi connectivity index (χ0v) is 10.9. The summed E-state index contributed by atoms with van der Waals surface area (Å²) in [7, 11) is 0. The molecule has 0 aromatic carbocycles. The van der Waals surface area contributed by atoms with Gasteiger partial charge in [0.25, 0.3) is 0 Å². The second-order valence-electron chi connectivity index (χ2n) is 3.97. The third-order valence-corrected chi connectivity index (χ3v) is 2.34. The molecule has 96 valence electrons. The van der Waals surface area contributed by atoms with Crippen LogP contribution in [0.25, 0.3) is 0 Å². The molecule has 0 amide bonds. The molecule has 0 radical (unpaired) electrons. The largest absolute Gasteiger partial charge is 0.478 e. The van der Waals surface area contributed by atoms with Gasteiger partial charge in [0.1, 0.15) is 11.5 Å².